The average Bonchev–Trinajstić information content (AvgIpc) is 2.64. The number of aromatic hydroxyl groups is 1. The lowest BCUT2D eigenvalue weighted by Gasteiger charge is -2.26. The molecule has 1 aliphatic rings. The molecular formula is C15H20N2O. The fraction of sp³-hybridized carbons (Fsp3) is 0.467. The molecular weight excluding hydrogens is 224 g/mol. The quantitative estimate of drug-likeness (QED) is 0.867. The van der Waals surface area contributed by atoms with Crippen LogP contribution in [0, 0.1) is 0 Å². The second-order valence-electron chi connectivity index (χ2n) is 5.13. The molecule has 0 atom stereocenters. The first kappa shape index (κ1) is 11.6. The highest BCUT2D eigenvalue weighted by Gasteiger charge is 2.17. The molecule has 18 heavy (non-hydrogen) atoms. The fourth-order valence-corrected chi connectivity index (χ4v) is 2.68. The highest BCUT2D eigenvalue weighted by atomic mass is 16.3. The number of aromatic nitrogens is 1. The second kappa shape index (κ2) is 4.65. The number of rotatable bonds is 4. The van der Waals surface area contributed by atoms with Crippen molar-refractivity contribution in [3.8, 4) is 5.75 Å². The van der Waals surface area contributed by atoms with Crippen LogP contribution >= 0.6 is 0 Å². The lowest BCUT2D eigenvalue weighted by Crippen LogP contribution is -2.35. The molecule has 0 aliphatic heterocycles. The van der Waals surface area contributed by atoms with E-state index in [-0.39, 0.29) is 0 Å². The van der Waals surface area contributed by atoms with E-state index in [0.717, 1.165) is 18.6 Å². The van der Waals surface area contributed by atoms with Gasteiger partial charge in [0.1, 0.15) is 5.75 Å². The third-order valence-corrected chi connectivity index (χ3v) is 3.97. The van der Waals surface area contributed by atoms with E-state index < -0.39 is 0 Å². The summed E-state index contributed by atoms with van der Waals surface area (Å²) in [5, 5.41) is 14.4. The topological polar surface area (TPSA) is 37.2 Å². The van der Waals surface area contributed by atoms with Crippen molar-refractivity contribution in [1.82, 2.24) is 9.88 Å². The van der Waals surface area contributed by atoms with Crippen molar-refractivity contribution in [2.45, 2.75) is 45.3 Å². The lowest BCUT2D eigenvalue weighted by atomic mass is 9.93. The zero-order chi connectivity index (χ0) is 12.5. The molecule has 0 spiro atoms. The molecule has 0 saturated heterocycles. The predicted octanol–water partition coefficient (Wildman–Crippen LogP) is 3.01. The van der Waals surface area contributed by atoms with E-state index in [1.54, 1.807) is 6.07 Å². The first-order valence-corrected chi connectivity index (χ1v) is 6.82. The van der Waals surface area contributed by atoms with Crippen LogP contribution in [0.15, 0.2) is 24.3 Å². The Bertz CT molecular complexity index is 555. The first-order valence-electron chi connectivity index (χ1n) is 6.82. The molecule has 2 N–H and O–H groups in total. The van der Waals surface area contributed by atoms with Crippen molar-refractivity contribution in [3.63, 3.8) is 0 Å². The third kappa shape index (κ3) is 1.99. The number of aryl methyl sites for hydroxylation is 1. The van der Waals surface area contributed by atoms with Crippen molar-refractivity contribution < 1.29 is 5.11 Å². The molecule has 3 heteroatoms. The number of hydrogen-bond acceptors (Lipinski definition) is 2. The summed E-state index contributed by atoms with van der Waals surface area (Å²) < 4.78 is 2.28. The van der Waals surface area contributed by atoms with Gasteiger partial charge >= 0.3 is 0 Å². The summed E-state index contributed by atoms with van der Waals surface area (Å²) in [6, 6.07) is 8.53. The van der Waals surface area contributed by atoms with Crippen LogP contribution in [0.3, 0.4) is 0 Å². The van der Waals surface area contributed by atoms with E-state index in [0.29, 0.717) is 11.8 Å². The number of phenols is 1. The first-order chi connectivity index (χ1) is 8.78. The third-order valence-electron chi connectivity index (χ3n) is 3.97. The van der Waals surface area contributed by atoms with Gasteiger partial charge in [0.2, 0.25) is 0 Å². The summed E-state index contributed by atoms with van der Waals surface area (Å²) in [5.41, 5.74) is 2.44. The Hall–Kier alpha value is -1.48. The Morgan fingerprint density at radius 2 is 2.17 bits per heavy atom. The molecule has 0 amide bonds. The molecule has 2 aromatic rings. The molecule has 1 heterocycles. The molecule has 96 valence electrons. The molecule has 1 fully saturated rings. The van der Waals surface area contributed by atoms with Gasteiger partial charge in [-0.25, -0.2) is 0 Å². The fourth-order valence-electron chi connectivity index (χ4n) is 2.68. The summed E-state index contributed by atoms with van der Waals surface area (Å²) in [5.74, 6) is 0.341. The zero-order valence-electron chi connectivity index (χ0n) is 10.8. The van der Waals surface area contributed by atoms with Crippen LogP contribution in [0.1, 0.15) is 31.9 Å². The van der Waals surface area contributed by atoms with Crippen molar-refractivity contribution in [2.75, 3.05) is 0 Å². The lowest BCUT2D eigenvalue weighted by molar-refractivity contribution is 0.335. The van der Waals surface area contributed by atoms with Gasteiger partial charge in [-0.2, -0.15) is 0 Å². The zero-order valence-corrected chi connectivity index (χ0v) is 10.8. The molecule has 0 radical (unpaired) electrons. The van der Waals surface area contributed by atoms with Crippen LogP contribution in [0.5, 0.6) is 5.75 Å². The Labute approximate surface area is 107 Å². The van der Waals surface area contributed by atoms with Gasteiger partial charge in [-0.1, -0.05) is 6.42 Å². The Kier molecular flexibility index (Phi) is 3.00. The van der Waals surface area contributed by atoms with E-state index in [9.17, 15) is 5.11 Å². The molecule has 1 aromatic carbocycles. The van der Waals surface area contributed by atoms with Crippen LogP contribution in [0.2, 0.25) is 0 Å². The van der Waals surface area contributed by atoms with Gasteiger partial charge < -0.3 is 15.0 Å². The average molecular weight is 244 g/mol. The number of phenolic OH excluding ortho intramolecular Hbond substituents is 1. The molecule has 3 rings (SSSR count). The van der Waals surface area contributed by atoms with Gasteiger partial charge in [-0.15, -0.1) is 0 Å². The maximum atomic E-state index is 9.60. The Morgan fingerprint density at radius 3 is 2.83 bits per heavy atom. The Morgan fingerprint density at radius 1 is 1.33 bits per heavy atom. The number of benzene rings is 1. The van der Waals surface area contributed by atoms with Crippen molar-refractivity contribution in [3.05, 3.63) is 30.0 Å². The van der Waals surface area contributed by atoms with Crippen molar-refractivity contribution >= 4 is 10.9 Å². The minimum Gasteiger partial charge on any atom is -0.508 e. The minimum atomic E-state index is 0.341. The smallest absolute Gasteiger partial charge is 0.117 e. The standard InChI is InChI=1S/C15H20N2O/c1-2-17-13(10-16-12-4-3-5-12)8-11-6-7-14(18)9-15(11)17/h6-9,12,16,18H,2-5,10H2,1H3. The van der Waals surface area contributed by atoms with E-state index in [4.69, 9.17) is 0 Å². The summed E-state index contributed by atoms with van der Waals surface area (Å²) >= 11 is 0. The number of nitrogens with zero attached hydrogens (tertiary/aromatic N) is 1. The van der Waals surface area contributed by atoms with Gasteiger partial charge in [0.25, 0.3) is 0 Å². The maximum Gasteiger partial charge on any atom is 0.117 e. The van der Waals surface area contributed by atoms with E-state index >= 15 is 0 Å². The van der Waals surface area contributed by atoms with Crippen LogP contribution in [0.25, 0.3) is 10.9 Å². The monoisotopic (exact) mass is 244 g/mol. The highest BCUT2D eigenvalue weighted by Crippen LogP contribution is 2.25. The second-order valence-corrected chi connectivity index (χ2v) is 5.13. The maximum absolute atomic E-state index is 9.60. The van der Waals surface area contributed by atoms with E-state index in [1.807, 2.05) is 12.1 Å². The Balaban J connectivity index is 1.89. The minimum absolute atomic E-state index is 0.341. The largest absolute Gasteiger partial charge is 0.508 e. The number of nitrogens with one attached hydrogen (secondary N) is 1. The number of hydrogen-bond donors (Lipinski definition) is 2. The van der Waals surface area contributed by atoms with Crippen molar-refractivity contribution in [1.29, 1.82) is 0 Å². The van der Waals surface area contributed by atoms with E-state index in [2.05, 4.69) is 22.9 Å². The van der Waals surface area contributed by atoms with Crippen LogP contribution in [0.4, 0.5) is 0 Å². The van der Waals surface area contributed by atoms with Gasteiger partial charge in [0, 0.05) is 36.3 Å². The molecule has 3 nitrogen and oxygen atoms in total. The van der Waals surface area contributed by atoms with Gasteiger partial charge in [-0.3, -0.25) is 0 Å². The molecule has 1 saturated carbocycles. The van der Waals surface area contributed by atoms with Gasteiger partial charge in [0.15, 0.2) is 0 Å². The van der Waals surface area contributed by atoms with Crippen LogP contribution < -0.4 is 5.32 Å². The van der Waals surface area contributed by atoms with Crippen LogP contribution in [-0.4, -0.2) is 15.7 Å². The van der Waals surface area contributed by atoms with Gasteiger partial charge in [0.05, 0.1) is 5.52 Å². The predicted molar refractivity (Wildman–Crippen MR) is 73.8 cm³/mol. The summed E-state index contributed by atoms with van der Waals surface area (Å²) in [6.45, 7) is 4.01. The molecule has 0 bridgehead atoms. The molecule has 0 unspecified atom stereocenters. The van der Waals surface area contributed by atoms with Crippen molar-refractivity contribution in [2.24, 2.45) is 0 Å². The van der Waals surface area contributed by atoms with E-state index in [1.165, 1.54) is 30.3 Å². The molecule has 1 aliphatic carbocycles. The summed E-state index contributed by atoms with van der Waals surface area (Å²) in [4.78, 5) is 0. The SMILES string of the molecule is CCn1c(CNC2CCC2)cc2ccc(O)cc21. The highest BCUT2D eigenvalue weighted by molar-refractivity contribution is 5.82. The van der Waals surface area contributed by atoms with Gasteiger partial charge in [-0.05, 0) is 38.0 Å². The normalized spacial score (nSPS) is 16.1. The molecule has 1 aromatic heterocycles. The summed E-state index contributed by atoms with van der Waals surface area (Å²) in [6.07, 6.45) is 3.99. The van der Waals surface area contributed by atoms with Crippen LogP contribution in [-0.2, 0) is 13.1 Å². The summed E-state index contributed by atoms with van der Waals surface area (Å²) in [7, 11) is 0. The number of fused-ring (bicyclic) bond motifs is 1.